The van der Waals surface area contributed by atoms with Crippen LogP contribution in [0.1, 0.15) is 18.4 Å². The highest BCUT2D eigenvalue weighted by molar-refractivity contribution is 5.74. The molecule has 0 radical (unpaired) electrons. The number of rotatable bonds is 4. The van der Waals surface area contributed by atoms with Crippen LogP contribution < -0.4 is 10.1 Å². The summed E-state index contributed by atoms with van der Waals surface area (Å²) in [7, 11) is 0. The van der Waals surface area contributed by atoms with Crippen molar-refractivity contribution in [3.63, 3.8) is 0 Å². The van der Waals surface area contributed by atoms with E-state index in [0.717, 1.165) is 0 Å². The Labute approximate surface area is 121 Å². The summed E-state index contributed by atoms with van der Waals surface area (Å²) in [6.07, 6.45) is 0.756. The smallest absolute Gasteiger partial charge is 0.387 e. The fourth-order valence-electron chi connectivity index (χ4n) is 2.21. The molecule has 0 unspecified atom stereocenters. The molecular formula is C14H18F2N2O3. The normalized spacial score (nSPS) is 16.1. The zero-order valence-electron chi connectivity index (χ0n) is 11.5. The number of ether oxygens (including phenoxy) is 1. The van der Waals surface area contributed by atoms with Crippen molar-refractivity contribution in [1.29, 1.82) is 0 Å². The fourth-order valence-corrected chi connectivity index (χ4v) is 2.21. The van der Waals surface area contributed by atoms with Gasteiger partial charge in [0, 0.05) is 25.2 Å². The Bertz CT molecular complexity index is 477. The Balaban J connectivity index is 1.89. The Hall–Kier alpha value is -1.89. The number of halogens is 2. The number of nitrogens with zero attached hydrogens (tertiary/aromatic N) is 1. The van der Waals surface area contributed by atoms with Crippen LogP contribution in [-0.4, -0.2) is 41.8 Å². The summed E-state index contributed by atoms with van der Waals surface area (Å²) in [5.74, 6) is 0.0573. The first kappa shape index (κ1) is 15.5. The van der Waals surface area contributed by atoms with E-state index in [2.05, 4.69) is 10.1 Å². The van der Waals surface area contributed by atoms with Gasteiger partial charge in [-0.05, 0) is 18.9 Å². The molecule has 2 rings (SSSR count). The quantitative estimate of drug-likeness (QED) is 0.893. The highest BCUT2D eigenvalue weighted by Crippen LogP contribution is 2.20. The van der Waals surface area contributed by atoms with Crippen LogP contribution in [0.3, 0.4) is 0 Å². The Morgan fingerprint density at radius 1 is 1.38 bits per heavy atom. The van der Waals surface area contributed by atoms with Gasteiger partial charge in [-0.2, -0.15) is 8.78 Å². The first-order valence-corrected chi connectivity index (χ1v) is 6.80. The van der Waals surface area contributed by atoms with Crippen LogP contribution in [0.5, 0.6) is 5.75 Å². The van der Waals surface area contributed by atoms with E-state index in [1.165, 1.54) is 6.07 Å². The first-order valence-electron chi connectivity index (χ1n) is 6.80. The lowest BCUT2D eigenvalue weighted by atomic mass is 10.1. The van der Waals surface area contributed by atoms with Crippen molar-refractivity contribution in [1.82, 2.24) is 10.2 Å². The second-order valence-corrected chi connectivity index (χ2v) is 4.86. The molecule has 0 aliphatic carbocycles. The van der Waals surface area contributed by atoms with Crippen molar-refractivity contribution in [3.05, 3.63) is 29.8 Å². The van der Waals surface area contributed by atoms with Gasteiger partial charge in [-0.1, -0.05) is 18.2 Å². The number of hydrogen-bond acceptors (Lipinski definition) is 3. The summed E-state index contributed by atoms with van der Waals surface area (Å²) in [5.41, 5.74) is 0.489. The van der Waals surface area contributed by atoms with Crippen LogP contribution in [-0.2, 0) is 6.54 Å². The van der Waals surface area contributed by atoms with Crippen molar-refractivity contribution >= 4 is 6.03 Å². The van der Waals surface area contributed by atoms with Crippen LogP contribution in [0.15, 0.2) is 24.3 Å². The minimum absolute atomic E-state index is 0.0573. The lowest BCUT2D eigenvalue weighted by Crippen LogP contribution is -2.45. The third-order valence-corrected chi connectivity index (χ3v) is 3.37. The van der Waals surface area contributed by atoms with Gasteiger partial charge in [-0.3, -0.25) is 0 Å². The number of nitrogens with one attached hydrogen (secondary N) is 1. The van der Waals surface area contributed by atoms with Gasteiger partial charge in [0.15, 0.2) is 0 Å². The highest BCUT2D eigenvalue weighted by atomic mass is 19.3. The number of amides is 2. The van der Waals surface area contributed by atoms with E-state index in [9.17, 15) is 18.7 Å². The number of urea groups is 1. The van der Waals surface area contributed by atoms with E-state index in [4.69, 9.17) is 0 Å². The zero-order valence-corrected chi connectivity index (χ0v) is 11.5. The summed E-state index contributed by atoms with van der Waals surface area (Å²) in [5, 5.41) is 12.1. The zero-order chi connectivity index (χ0) is 15.2. The number of carbonyl (C=O) groups is 1. The van der Waals surface area contributed by atoms with E-state index < -0.39 is 6.61 Å². The van der Waals surface area contributed by atoms with Crippen LogP contribution >= 0.6 is 0 Å². The largest absolute Gasteiger partial charge is 0.434 e. The second-order valence-electron chi connectivity index (χ2n) is 4.86. The Kier molecular flexibility index (Phi) is 5.32. The number of carbonyl (C=O) groups excluding carboxylic acids is 1. The van der Waals surface area contributed by atoms with E-state index in [0.29, 0.717) is 31.5 Å². The molecule has 1 aliphatic rings. The summed E-state index contributed by atoms with van der Waals surface area (Å²) in [6.45, 7) is -1.81. The second kappa shape index (κ2) is 7.21. The summed E-state index contributed by atoms with van der Waals surface area (Å²) >= 11 is 0. The molecule has 116 valence electrons. The molecule has 7 heteroatoms. The van der Waals surface area contributed by atoms with Gasteiger partial charge in [0.2, 0.25) is 0 Å². The molecule has 21 heavy (non-hydrogen) atoms. The molecule has 1 fully saturated rings. The van der Waals surface area contributed by atoms with Gasteiger partial charge >= 0.3 is 12.6 Å². The molecule has 1 aromatic rings. The first-order chi connectivity index (χ1) is 10.1. The maximum absolute atomic E-state index is 12.3. The number of aliphatic hydroxyl groups excluding tert-OH is 1. The molecule has 1 aromatic carbocycles. The predicted octanol–water partition coefficient (Wildman–Crippen LogP) is 1.95. The number of alkyl halides is 2. The highest BCUT2D eigenvalue weighted by Gasteiger charge is 2.21. The molecule has 1 saturated heterocycles. The summed E-state index contributed by atoms with van der Waals surface area (Å²) in [6, 6.07) is 6.07. The van der Waals surface area contributed by atoms with E-state index in [1.54, 1.807) is 23.1 Å². The van der Waals surface area contributed by atoms with Gasteiger partial charge in [-0.25, -0.2) is 4.79 Å². The van der Waals surface area contributed by atoms with Gasteiger partial charge in [0.05, 0.1) is 6.10 Å². The van der Waals surface area contributed by atoms with Crippen molar-refractivity contribution in [3.8, 4) is 5.75 Å². The number of piperidine rings is 1. The van der Waals surface area contributed by atoms with Gasteiger partial charge in [-0.15, -0.1) is 0 Å². The average Bonchev–Trinajstić information content (AvgIpc) is 2.46. The maximum atomic E-state index is 12.3. The standard InChI is InChI=1S/C14H18F2N2O3/c15-13(16)21-12-4-2-1-3-10(12)9-17-14(20)18-7-5-11(19)6-8-18/h1-4,11,13,19H,5-9H2,(H,17,20). The molecule has 0 atom stereocenters. The minimum Gasteiger partial charge on any atom is -0.434 e. The maximum Gasteiger partial charge on any atom is 0.387 e. The van der Waals surface area contributed by atoms with Crippen LogP contribution in [0.4, 0.5) is 13.6 Å². The lowest BCUT2D eigenvalue weighted by molar-refractivity contribution is -0.0504. The molecule has 5 nitrogen and oxygen atoms in total. The SMILES string of the molecule is O=C(NCc1ccccc1OC(F)F)N1CCC(O)CC1. The molecule has 0 spiro atoms. The molecule has 0 bridgehead atoms. The van der Waals surface area contributed by atoms with Crippen molar-refractivity contribution < 1.29 is 23.4 Å². The van der Waals surface area contributed by atoms with Crippen LogP contribution in [0, 0.1) is 0 Å². The number of likely N-dealkylation sites (tertiary alicyclic amines) is 1. The summed E-state index contributed by atoms with van der Waals surface area (Å²) in [4.78, 5) is 13.6. The van der Waals surface area contributed by atoms with Gasteiger partial charge in [0.1, 0.15) is 5.75 Å². The Morgan fingerprint density at radius 2 is 2.05 bits per heavy atom. The summed E-state index contributed by atoms with van der Waals surface area (Å²) < 4.78 is 29.0. The van der Waals surface area contributed by atoms with E-state index in [-0.39, 0.29) is 24.4 Å². The molecule has 1 aliphatic heterocycles. The topological polar surface area (TPSA) is 61.8 Å². The monoisotopic (exact) mass is 300 g/mol. The van der Waals surface area contributed by atoms with Crippen molar-refractivity contribution in [2.45, 2.75) is 32.1 Å². The molecule has 0 saturated carbocycles. The molecule has 2 amide bonds. The number of benzene rings is 1. The predicted molar refractivity (Wildman–Crippen MR) is 72.1 cm³/mol. The lowest BCUT2D eigenvalue weighted by Gasteiger charge is -2.29. The van der Waals surface area contributed by atoms with Crippen molar-refractivity contribution in [2.75, 3.05) is 13.1 Å². The molecule has 2 N–H and O–H groups in total. The third-order valence-electron chi connectivity index (χ3n) is 3.37. The van der Waals surface area contributed by atoms with Gasteiger partial charge in [0.25, 0.3) is 0 Å². The third kappa shape index (κ3) is 4.56. The molecular weight excluding hydrogens is 282 g/mol. The number of aliphatic hydroxyl groups is 1. The fraction of sp³-hybridized carbons (Fsp3) is 0.500. The van der Waals surface area contributed by atoms with Crippen molar-refractivity contribution in [2.24, 2.45) is 0 Å². The number of hydrogen-bond donors (Lipinski definition) is 2. The minimum atomic E-state index is -2.90. The molecule has 1 heterocycles. The van der Waals surface area contributed by atoms with E-state index >= 15 is 0 Å². The molecule has 0 aromatic heterocycles. The van der Waals surface area contributed by atoms with Crippen LogP contribution in [0.25, 0.3) is 0 Å². The number of para-hydroxylation sites is 1. The van der Waals surface area contributed by atoms with E-state index in [1.807, 2.05) is 0 Å². The van der Waals surface area contributed by atoms with Gasteiger partial charge < -0.3 is 20.1 Å². The average molecular weight is 300 g/mol. The van der Waals surface area contributed by atoms with Crippen LogP contribution in [0.2, 0.25) is 0 Å². The Morgan fingerprint density at radius 3 is 2.71 bits per heavy atom.